The highest BCUT2D eigenvalue weighted by molar-refractivity contribution is 9.10. The van der Waals surface area contributed by atoms with Crippen molar-refractivity contribution in [1.29, 1.82) is 0 Å². The van der Waals surface area contributed by atoms with Crippen molar-refractivity contribution in [2.45, 2.75) is 20.3 Å². The predicted molar refractivity (Wildman–Crippen MR) is 105 cm³/mol. The molecule has 0 radical (unpaired) electrons. The van der Waals surface area contributed by atoms with E-state index < -0.39 is 5.97 Å². The zero-order chi connectivity index (χ0) is 19.1. The number of hydrogen-bond donors (Lipinski definition) is 1. The Morgan fingerprint density at radius 3 is 2.54 bits per heavy atom. The molecule has 2 rings (SSSR count). The molecule has 138 valence electrons. The molecule has 0 fully saturated rings. The fraction of sp³-hybridized carbons (Fsp3) is 0.300. The Balaban J connectivity index is 2.11. The maximum atomic E-state index is 12.5. The molecule has 2 aromatic carbocycles. The zero-order valence-electron chi connectivity index (χ0n) is 15.0. The van der Waals surface area contributed by atoms with E-state index in [-0.39, 0.29) is 5.91 Å². The van der Waals surface area contributed by atoms with E-state index in [0.29, 0.717) is 39.6 Å². The summed E-state index contributed by atoms with van der Waals surface area (Å²) >= 11 is 3.44. The van der Waals surface area contributed by atoms with Gasteiger partial charge in [0.05, 0.1) is 29.4 Å². The largest absolute Gasteiger partial charge is 0.492 e. The molecular formula is C20H22BrNO4. The van der Waals surface area contributed by atoms with Crippen LogP contribution >= 0.6 is 15.9 Å². The number of benzene rings is 2. The fourth-order valence-corrected chi connectivity index (χ4v) is 2.73. The monoisotopic (exact) mass is 419 g/mol. The standard InChI is InChI=1S/C20H22BrNO4/c1-13(2)10-11-26-18-9-8-14(12-16(18)21)19(23)22-17-7-5-4-6-15(17)20(24)25-3/h4-9,12-13H,10-11H2,1-3H3,(H,22,23). The van der Waals surface area contributed by atoms with Crippen LogP contribution in [0.5, 0.6) is 5.75 Å². The Bertz CT molecular complexity index is 789. The van der Waals surface area contributed by atoms with Crippen LogP contribution in [0.2, 0.25) is 0 Å². The Hall–Kier alpha value is -2.34. The summed E-state index contributed by atoms with van der Waals surface area (Å²) in [5.74, 6) is 0.428. The third kappa shape index (κ3) is 5.33. The van der Waals surface area contributed by atoms with Crippen LogP contribution in [0, 0.1) is 5.92 Å². The van der Waals surface area contributed by atoms with Gasteiger partial charge in [0.2, 0.25) is 0 Å². The summed E-state index contributed by atoms with van der Waals surface area (Å²) in [6, 6.07) is 11.8. The molecule has 0 aliphatic carbocycles. The second-order valence-electron chi connectivity index (χ2n) is 6.17. The Labute approximate surface area is 161 Å². The quantitative estimate of drug-likeness (QED) is 0.647. The first-order valence-corrected chi connectivity index (χ1v) is 9.12. The van der Waals surface area contributed by atoms with Crippen molar-refractivity contribution in [3.63, 3.8) is 0 Å². The minimum absolute atomic E-state index is 0.302. The molecule has 1 amide bonds. The highest BCUT2D eigenvalue weighted by Gasteiger charge is 2.15. The summed E-state index contributed by atoms with van der Waals surface area (Å²) in [6.07, 6.45) is 0.957. The van der Waals surface area contributed by atoms with Gasteiger partial charge < -0.3 is 14.8 Å². The van der Waals surface area contributed by atoms with E-state index in [1.54, 1.807) is 42.5 Å². The average molecular weight is 420 g/mol. The first kappa shape index (κ1) is 20.0. The minimum atomic E-state index is -0.504. The van der Waals surface area contributed by atoms with Gasteiger partial charge in [0, 0.05) is 5.56 Å². The number of rotatable bonds is 7. The number of hydrogen-bond acceptors (Lipinski definition) is 4. The van der Waals surface area contributed by atoms with Gasteiger partial charge in [-0.05, 0) is 58.6 Å². The lowest BCUT2D eigenvalue weighted by Gasteiger charge is -2.12. The van der Waals surface area contributed by atoms with E-state index in [0.717, 1.165) is 6.42 Å². The number of ether oxygens (including phenoxy) is 2. The highest BCUT2D eigenvalue weighted by Crippen LogP contribution is 2.27. The van der Waals surface area contributed by atoms with Crippen LogP contribution in [0.1, 0.15) is 41.0 Å². The summed E-state index contributed by atoms with van der Waals surface area (Å²) in [7, 11) is 1.30. The van der Waals surface area contributed by atoms with Gasteiger partial charge in [-0.15, -0.1) is 0 Å². The Morgan fingerprint density at radius 1 is 1.15 bits per heavy atom. The van der Waals surface area contributed by atoms with Crippen molar-refractivity contribution in [1.82, 2.24) is 0 Å². The van der Waals surface area contributed by atoms with Crippen LogP contribution < -0.4 is 10.1 Å². The van der Waals surface area contributed by atoms with Crippen LogP contribution in [-0.2, 0) is 4.74 Å². The van der Waals surface area contributed by atoms with Crippen molar-refractivity contribution in [2.75, 3.05) is 19.0 Å². The maximum absolute atomic E-state index is 12.5. The number of carbonyl (C=O) groups excluding carboxylic acids is 2. The van der Waals surface area contributed by atoms with Gasteiger partial charge in [0.1, 0.15) is 5.75 Å². The third-order valence-corrected chi connectivity index (χ3v) is 4.35. The Kier molecular flexibility index (Phi) is 7.21. The molecule has 0 aliphatic rings. The molecule has 6 heteroatoms. The van der Waals surface area contributed by atoms with E-state index in [9.17, 15) is 9.59 Å². The van der Waals surface area contributed by atoms with Crippen LogP contribution in [0.15, 0.2) is 46.9 Å². The molecule has 2 aromatic rings. The smallest absolute Gasteiger partial charge is 0.339 e. The van der Waals surface area contributed by atoms with Crippen molar-refractivity contribution in [2.24, 2.45) is 5.92 Å². The van der Waals surface area contributed by atoms with E-state index in [4.69, 9.17) is 9.47 Å². The predicted octanol–water partition coefficient (Wildman–Crippen LogP) is 4.91. The molecule has 1 N–H and O–H groups in total. The lowest BCUT2D eigenvalue weighted by atomic mass is 10.1. The molecular weight excluding hydrogens is 398 g/mol. The number of methoxy groups -OCH3 is 1. The summed E-state index contributed by atoms with van der Waals surface area (Å²) < 4.78 is 11.2. The van der Waals surface area contributed by atoms with Gasteiger partial charge in [-0.1, -0.05) is 26.0 Å². The van der Waals surface area contributed by atoms with Crippen molar-refractivity contribution >= 4 is 33.5 Å². The van der Waals surface area contributed by atoms with E-state index >= 15 is 0 Å². The second-order valence-corrected chi connectivity index (χ2v) is 7.02. The Morgan fingerprint density at radius 2 is 1.88 bits per heavy atom. The molecule has 26 heavy (non-hydrogen) atoms. The van der Waals surface area contributed by atoms with Gasteiger partial charge in [0.25, 0.3) is 5.91 Å². The van der Waals surface area contributed by atoms with Crippen molar-refractivity contribution in [3.05, 3.63) is 58.1 Å². The first-order valence-electron chi connectivity index (χ1n) is 8.33. The van der Waals surface area contributed by atoms with E-state index in [1.165, 1.54) is 7.11 Å². The van der Waals surface area contributed by atoms with Crippen molar-refractivity contribution in [3.8, 4) is 5.75 Å². The summed E-state index contributed by atoms with van der Waals surface area (Å²) in [6.45, 7) is 4.89. The van der Waals surface area contributed by atoms with Crippen LogP contribution in [0.3, 0.4) is 0 Å². The number of para-hydroxylation sites is 1. The van der Waals surface area contributed by atoms with Crippen LogP contribution in [0.25, 0.3) is 0 Å². The van der Waals surface area contributed by atoms with Crippen molar-refractivity contribution < 1.29 is 19.1 Å². The van der Waals surface area contributed by atoms with E-state index in [1.807, 2.05) is 0 Å². The lowest BCUT2D eigenvalue weighted by Crippen LogP contribution is -2.15. The normalized spacial score (nSPS) is 10.5. The summed E-state index contributed by atoms with van der Waals surface area (Å²) in [5, 5.41) is 2.75. The average Bonchev–Trinajstić information content (AvgIpc) is 2.62. The zero-order valence-corrected chi connectivity index (χ0v) is 16.6. The third-order valence-electron chi connectivity index (χ3n) is 3.73. The van der Waals surface area contributed by atoms with Gasteiger partial charge in [-0.2, -0.15) is 0 Å². The number of nitrogens with one attached hydrogen (secondary N) is 1. The van der Waals surface area contributed by atoms with Gasteiger partial charge in [-0.3, -0.25) is 4.79 Å². The molecule has 5 nitrogen and oxygen atoms in total. The fourth-order valence-electron chi connectivity index (χ4n) is 2.24. The topological polar surface area (TPSA) is 64.6 Å². The van der Waals surface area contributed by atoms with Gasteiger partial charge >= 0.3 is 5.97 Å². The minimum Gasteiger partial charge on any atom is -0.492 e. The molecule has 0 unspecified atom stereocenters. The van der Waals surface area contributed by atoms with Gasteiger partial charge in [0.15, 0.2) is 0 Å². The molecule has 0 bridgehead atoms. The second kappa shape index (κ2) is 9.38. The summed E-state index contributed by atoms with van der Waals surface area (Å²) in [5.41, 5.74) is 1.15. The molecule has 0 saturated carbocycles. The lowest BCUT2D eigenvalue weighted by molar-refractivity contribution is 0.0602. The SMILES string of the molecule is COC(=O)c1ccccc1NC(=O)c1ccc(OCCC(C)C)c(Br)c1. The number of esters is 1. The number of halogens is 1. The number of anilines is 1. The molecule has 0 atom stereocenters. The molecule has 0 heterocycles. The van der Waals surface area contributed by atoms with Crippen LogP contribution in [-0.4, -0.2) is 25.6 Å². The maximum Gasteiger partial charge on any atom is 0.339 e. The highest BCUT2D eigenvalue weighted by atomic mass is 79.9. The summed E-state index contributed by atoms with van der Waals surface area (Å²) in [4.78, 5) is 24.3. The van der Waals surface area contributed by atoms with E-state index in [2.05, 4.69) is 35.1 Å². The van der Waals surface area contributed by atoms with Crippen LogP contribution in [0.4, 0.5) is 5.69 Å². The number of amides is 1. The first-order chi connectivity index (χ1) is 12.4. The number of carbonyl (C=O) groups is 2. The molecule has 0 aromatic heterocycles. The molecule has 0 aliphatic heterocycles. The van der Waals surface area contributed by atoms with Gasteiger partial charge in [-0.25, -0.2) is 4.79 Å². The molecule has 0 saturated heterocycles. The molecule has 0 spiro atoms.